The molecule has 0 amide bonds. The van der Waals surface area contributed by atoms with Crippen LogP contribution in [0.25, 0.3) is 0 Å². The monoisotopic (exact) mass is 218 g/mol. The molecule has 2 nitrogen and oxygen atoms in total. The van der Waals surface area contributed by atoms with Gasteiger partial charge in [-0.05, 0) is 45.8 Å². The van der Waals surface area contributed by atoms with E-state index in [1.165, 1.54) is 23.1 Å². The Hall–Kier alpha value is -0.860. The van der Waals surface area contributed by atoms with Crippen molar-refractivity contribution >= 4 is 0 Å². The second kappa shape index (κ2) is 4.56. The Bertz CT molecular complexity index is 343. The highest BCUT2D eigenvalue weighted by atomic mass is 15.2. The number of aryl methyl sites for hydroxylation is 2. The number of likely N-dealkylation sites (tertiary alicyclic amines) is 1. The van der Waals surface area contributed by atoms with Crippen LogP contribution in [0.5, 0.6) is 0 Å². The van der Waals surface area contributed by atoms with Crippen molar-refractivity contribution in [1.82, 2.24) is 4.90 Å². The molecule has 0 saturated carbocycles. The minimum absolute atomic E-state index is 0.278. The molecule has 0 aliphatic carbocycles. The van der Waals surface area contributed by atoms with Gasteiger partial charge in [-0.3, -0.25) is 4.90 Å². The summed E-state index contributed by atoms with van der Waals surface area (Å²) in [6.45, 7) is 5.47. The number of hydrogen-bond acceptors (Lipinski definition) is 2. The van der Waals surface area contributed by atoms with Gasteiger partial charge >= 0.3 is 0 Å². The SMILES string of the molecule is Cc1cc(C)cc(C2C(N)CCCN2C)c1. The highest BCUT2D eigenvalue weighted by Gasteiger charge is 2.27. The second-order valence-corrected chi connectivity index (χ2v) is 5.15. The predicted octanol–water partition coefficient (Wildman–Crippen LogP) is 2.40. The molecule has 2 atom stereocenters. The molecule has 0 radical (unpaired) electrons. The average molecular weight is 218 g/mol. The zero-order valence-corrected chi connectivity index (χ0v) is 10.5. The number of likely N-dealkylation sites (N-methyl/N-ethyl adjacent to an activating group) is 1. The highest BCUT2D eigenvalue weighted by molar-refractivity contribution is 5.31. The predicted molar refractivity (Wildman–Crippen MR) is 68.5 cm³/mol. The Morgan fingerprint density at radius 1 is 1.19 bits per heavy atom. The van der Waals surface area contributed by atoms with Crippen LogP contribution in [-0.4, -0.2) is 24.5 Å². The van der Waals surface area contributed by atoms with E-state index in [1.54, 1.807) is 0 Å². The van der Waals surface area contributed by atoms with Gasteiger partial charge in [-0.2, -0.15) is 0 Å². The number of benzene rings is 1. The molecule has 1 saturated heterocycles. The Morgan fingerprint density at radius 2 is 1.81 bits per heavy atom. The van der Waals surface area contributed by atoms with Crippen molar-refractivity contribution in [3.05, 3.63) is 34.9 Å². The van der Waals surface area contributed by atoms with Crippen LogP contribution in [0.4, 0.5) is 0 Å². The van der Waals surface area contributed by atoms with Crippen molar-refractivity contribution in [2.75, 3.05) is 13.6 Å². The van der Waals surface area contributed by atoms with Gasteiger partial charge in [0.1, 0.15) is 0 Å². The molecule has 2 N–H and O–H groups in total. The third kappa shape index (κ3) is 2.28. The summed E-state index contributed by atoms with van der Waals surface area (Å²) in [4.78, 5) is 2.39. The van der Waals surface area contributed by atoms with Gasteiger partial charge in [0, 0.05) is 12.1 Å². The zero-order chi connectivity index (χ0) is 11.7. The van der Waals surface area contributed by atoms with Crippen LogP contribution in [0.3, 0.4) is 0 Å². The fraction of sp³-hybridized carbons (Fsp3) is 0.571. The first-order valence-electron chi connectivity index (χ1n) is 6.12. The second-order valence-electron chi connectivity index (χ2n) is 5.15. The molecule has 1 heterocycles. The van der Waals surface area contributed by atoms with Crippen LogP contribution in [0.1, 0.15) is 35.6 Å². The average Bonchev–Trinajstić information content (AvgIpc) is 2.15. The fourth-order valence-electron chi connectivity index (χ4n) is 2.88. The quantitative estimate of drug-likeness (QED) is 0.784. The molecule has 0 spiro atoms. The lowest BCUT2D eigenvalue weighted by Crippen LogP contribution is -2.43. The number of piperidine rings is 1. The fourth-order valence-corrected chi connectivity index (χ4v) is 2.88. The molecule has 2 heteroatoms. The van der Waals surface area contributed by atoms with Crippen LogP contribution in [0.15, 0.2) is 18.2 Å². The Morgan fingerprint density at radius 3 is 2.38 bits per heavy atom. The number of rotatable bonds is 1. The van der Waals surface area contributed by atoms with Gasteiger partial charge in [0.25, 0.3) is 0 Å². The van der Waals surface area contributed by atoms with E-state index in [1.807, 2.05) is 0 Å². The van der Waals surface area contributed by atoms with Crippen molar-refractivity contribution < 1.29 is 0 Å². The maximum absolute atomic E-state index is 6.26. The maximum Gasteiger partial charge on any atom is 0.0496 e. The van der Waals surface area contributed by atoms with Gasteiger partial charge in [0.2, 0.25) is 0 Å². The van der Waals surface area contributed by atoms with Gasteiger partial charge < -0.3 is 5.73 Å². The van der Waals surface area contributed by atoms with Crippen molar-refractivity contribution in [2.45, 2.75) is 38.8 Å². The van der Waals surface area contributed by atoms with Crippen molar-refractivity contribution in [3.8, 4) is 0 Å². The largest absolute Gasteiger partial charge is 0.326 e. The molecule has 0 aromatic heterocycles. The lowest BCUT2D eigenvalue weighted by molar-refractivity contribution is 0.163. The van der Waals surface area contributed by atoms with Crippen LogP contribution < -0.4 is 5.73 Å². The van der Waals surface area contributed by atoms with Crippen molar-refractivity contribution in [2.24, 2.45) is 5.73 Å². The van der Waals surface area contributed by atoms with Gasteiger partial charge in [0.05, 0.1) is 0 Å². The van der Waals surface area contributed by atoms with Gasteiger partial charge in [-0.1, -0.05) is 29.3 Å². The molecule has 0 bridgehead atoms. The summed E-state index contributed by atoms with van der Waals surface area (Å²) in [7, 11) is 2.18. The van der Waals surface area contributed by atoms with Gasteiger partial charge in [-0.15, -0.1) is 0 Å². The molecule has 1 fully saturated rings. The minimum atomic E-state index is 0.278. The summed E-state index contributed by atoms with van der Waals surface area (Å²) in [5.74, 6) is 0. The topological polar surface area (TPSA) is 29.3 Å². The van der Waals surface area contributed by atoms with Crippen LogP contribution in [0, 0.1) is 13.8 Å². The minimum Gasteiger partial charge on any atom is -0.326 e. The number of nitrogens with two attached hydrogens (primary N) is 1. The molecular weight excluding hydrogens is 196 g/mol. The van der Waals surface area contributed by atoms with E-state index in [9.17, 15) is 0 Å². The molecule has 1 aromatic rings. The standard InChI is InChI=1S/C14H22N2/c1-10-7-11(2)9-12(8-10)14-13(15)5-4-6-16(14)3/h7-9,13-14H,4-6,15H2,1-3H3. The lowest BCUT2D eigenvalue weighted by atomic mass is 9.90. The molecule has 2 rings (SSSR count). The molecule has 2 unspecified atom stereocenters. The molecule has 88 valence electrons. The number of hydrogen-bond donors (Lipinski definition) is 1. The van der Waals surface area contributed by atoms with E-state index in [0.717, 1.165) is 13.0 Å². The molecule has 1 aromatic carbocycles. The van der Waals surface area contributed by atoms with E-state index in [2.05, 4.69) is 44.0 Å². The summed E-state index contributed by atoms with van der Waals surface area (Å²) in [6.07, 6.45) is 2.36. The molecule has 1 aliphatic heterocycles. The summed E-state index contributed by atoms with van der Waals surface area (Å²) < 4.78 is 0. The third-order valence-electron chi connectivity index (χ3n) is 3.51. The van der Waals surface area contributed by atoms with Crippen LogP contribution in [0.2, 0.25) is 0 Å². The van der Waals surface area contributed by atoms with Crippen molar-refractivity contribution in [1.29, 1.82) is 0 Å². The van der Waals surface area contributed by atoms with Gasteiger partial charge in [-0.25, -0.2) is 0 Å². The van der Waals surface area contributed by atoms with E-state index in [4.69, 9.17) is 5.73 Å². The first-order chi connectivity index (χ1) is 7.58. The maximum atomic E-state index is 6.26. The number of nitrogens with zero attached hydrogens (tertiary/aromatic N) is 1. The summed E-state index contributed by atoms with van der Waals surface area (Å²) in [5, 5.41) is 0. The Kier molecular flexibility index (Phi) is 3.31. The van der Waals surface area contributed by atoms with E-state index in [0.29, 0.717) is 6.04 Å². The zero-order valence-electron chi connectivity index (χ0n) is 10.5. The summed E-state index contributed by atoms with van der Waals surface area (Å²) in [5.41, 5.74) is 10.3. The first kappa shape index (κ1) is 11.6. The van der Waals surface area contributed by atoms with Crippen LogP contribution in [-0.2, 0) is 0 Å². The Balaban J connectivity index is 2.33. The Labute approximate surface area is 98.4 Å². The van der Waals surface area contributed by atoms with Gasteiger partial charge in [0.15, 0.2) is 0 Å². The third-order valence-corrected chi connectivity index (χ3v) is 3.51. The smallest absolute Gasteiger partial charge is 0.0496 e. The van der Waals surface area contributed by atoms with E-state index >= 15 is 0 Å². The highest BCUT2D eigenvalue weighted by Crippen LogP contribution is 2.29. The van der Waals surface area contributed by atoms with E-state index < -0.39 is 0 Å². The molecular formula is C14H22N2. The van der Waals surface area contributed by atoms with E-state index in [-0.39, 0.29) is 6.04 Å². The normalized spacial score (nSPS) is 27.0. The summed E-state index contributed by atoms with van der Waals surface area (Å²) >= 11 is 0. The van der Waals surface area contributed by atoms with Crippen LogP contribution >= 0.6 is 0 Å². The molecule has 16 heavy (non-hydrogen) atoms. The first-order valence-corrected chi connectivity index (χ1v) is 6.12. The summed E-state index contributed by atoms with van der Waals surface area (Å²) in [6, 6.07) is 7.45. The molecule has 1 aliphatic rings. The van der Waals surface area contributed by atoms with Crippen molar-refractivity contribution in [3.63, 3.8) is 0 Å². The lowest BCUT2D eigenvalue weighted by Gasteiger charge is -2.37.